The van der Waals surface area contributed by atoms with Crippen LogP contribution in [0, 0.1) is 0 Å². The number of nitrogen functional groups attached to an aromatic ring is 1. The average Bonchev–Trinajstić information content (AvgIpc) is 2.93. The number of hydrogen-bond donors (Lipinski definition) is 2. The van der Waals surface area contributed by atoms with Crippen LogP contribution in [0.4, 0.5) is 10.2 Å². The summed E-state index contributed by atoms with van der Waals surface area (Å²) in [5.74, 6) is -0.0266. The molecule has 0 saturated heterocycles. The number of aliphatic hydroxyl groups excluding tert-OH is 1. The molecule has 0 amide bonds. The highest BCUT2D eigenvalue weighted by Crippen LogP contribution is 2.41. The molecule has 0 aromatic carbocycles. The molecular formula is C10H10FN5OS. The highest BCUT2D eigenvalue weighted by molar-refractivity contribution is 8.00. The minimum atomic E-state index is -0.522. The molecule has 2 atom stereocenters. The molecule has 1 aliphatic heterocycles. The van der Waals surface area contributed by atoms with Crippen molar-refractivity contribution >= 4 is 28.7 Å². The predicted molar refractivity (Wildman–Crippen MR) is 66.4 cm³/mol. The molecule has 0 fully saturated rings. The van der Waals surface area contributed by atoms with Crippen LogP contribution >= 0.6 is 11.8 Å². The van der Waals surface area contributed by atoms with E-state index in [4.69, 9.17) is 10.8 Å². The van der Waals surface area contributed by atoms with E-state index in [1.165, 1.54) is 24.2 Å². The van der Waals surface area contributed by atoms with E-state index in [1.54, 1.807) is 10.9 Å². The van der Waals surface area contributed by atoms with Crippen molar-refractivity contribution in [2.75, 3.05) is 12.3 Å². The lowest BCUT2D eigenvalue weighted by atomic mass is 10.3. The molecule has 0 saturated carbocycles. The van der Waals surface area contributed by atoms with E-state index in [0.717, 1.165) is 0 Å². The van der Waals surface area contributed by atoms with E-state index in [9.17, 15) is 4.39 Å². The molecule has 0 bridgehead atoms. The number of nitrogens with two attached hydrogens (primary N) is 1. The molecule has 0 aliphatic carbocycles. The lowest BCUT2D eigenvalue weighted by molar-refractivity contribution is 0.295. The first-order valence-corrected chi connectivity index (χ1v) is 6.21. The molecule has 8 heteroatoms. The summed E-state index contributed by atoms with van der Waals surface area (Å²) in [4.78, 5) is 12.1. The van der Waals surface area contributed by atoms with Gasteiger partial charge >= 0.3 is 0 Å². The molecule has 2 aromatic rings. The summed E-state index contributed by atoms with van der Waals surface area (Å²) in [5.41, 5.74) is 6.74. The van der Waals surface area contributed by atoms with Crippen molar-refractivity contribution in [3.05, 3.63) is 24.6 Å². The lowest BCUT2D eigenvalue weighted by Gasteiger charge is -2.11. The van der Waals surface area contributed by atoms with Crippen LogP contribution < -0.4 is 5.73 Å². The van der Waals surface area contributed by atoms with Crippen LogP contribution in [0.2, 0.25) is 0 Å². The summed E-state index contributed by atoms with van der Waals surface area (Å²) in [6.45, 7) is -0.229. The number of rotatable bonds is 2. The molecule has 1 aliphatic rings. The zero-order valence-electron chi connectivity index (χ0n) is 9.19. The third-order valence-electron chi connectivity index (χ3n) is 2.74. The first-order valence-electron chi connectivity index (χ1n) is 5.27. The van der Waals surface area contributed by atoms with E-state index in [-0.39, 0.29) is 17.8 Å². The molecule has 3 rings (SSSR count). The lowest BCUT2D eigenvalue weighted by Crippen LogP contribution is -2.07. The Morgan fingerprint density at radius 3 is 3.00 bits per heavy atom. The van der Waals surface area contributed by atoms with Crippen LogP contribution in [-0.2, 0) is 0 Å². The first kappa shape index (κ1) is 11.4. The number of aliphatic hydroxyl groups is 1. The van der Waals surface area contributed by atoms with E-state index >= 15 is 0 Å². The standard InChI is InChI=1S/C10H10FN5OS/c11-5-1-7(18-6(5)2-17)16-4-15-8-9(12)13-3-14-10(8)16/h1,3-4,6-7,17H,2H2,(H2,12,13,14)/t6-,7-/m0/s1. The summed E-state index contributed by atoms with van der Waals surface area (Å²) >= 11 is 1.30. The minimum absolute atomic E-state index is 0.229. The highest BCUT2D eigenvalue weighted by atomic mass is 32.2. The molecule has 94 valence electrons. The second-order valence-corrected chi connectivity index (χ2v) is 5.16. The van der Waals surface area contributed by atoms with Gasteiger partial charge in [0.05, 0.1) is 18.2 Å². The Bertz CT molecular complexity index is 628. The molecule has 6 nitrogen and oxygen atoms in total. The number of imidazole rings is 1. The fourth-order valence-corrected chi connectivity index (χ4v) is 2.97. The Hall–Kier alpha value is -1.67. The van der Waals surface area contributed by atoms with Gasteiger partial charge < -0.3 is 10.8 Å². The van der Waals surface area contributed by atoms with Crippen molar-refractivity contribution in [1.29, 1.82) is 0 Å². The van der Waals surface area contributed by atoms with Crippen molar-refractivity contribution < 1.29 is 9.50 Å². The zero-order valence-corrected chi connectivity index (χ0v) is 10.0. The summed E-state index contributed by atoms with van der Waals surface area (Å²) in [7, 11) is 0. The van der Waals surface area contributed by atoms with Gasteiger partial charge in [-0.25, -0.2) is 19.3 Å². The molecule has 2 aromatic heterocycles. The van der Waals surface area contributed by atoms with Crippen LogP contribution in [0.25, 0.3) is 11.2 Å². The Labute approximate surface area is 106 Å². The fourth-order valence-electron chi connectivity index (χ4n) is 1.85. The summed E-state index contributed by atoms with van der Waals surface area (Å²) in [6.07, 6.45) is 4.35. The molecular weight excluding hydrogens is 257 g/mol. The second kappa shape index (κ2) is 4.21. The van der Waals surface area contributed by atoms with Crippen LogP contribution in [0.5, 0.6) is 0 Å². The number of anilines is 1. The monoisotopic (exact) mass is 267 g/mol. The third kappa shape index (κ3) is 1.65. The maximum absolute atomic E-state index is 13.5. The molecule has 0 spiro atoms. The summed E-state index contributed by atoms with van der Waals surface area (Å²) in [6, 6.07) is 0. The van der Waals surface area contributed by atoms with Gasteiger partial charge in [-0.2, -0.15) is 0 Å². The van der Waals surface area contributed by atoms with E-state index in [0.29, 0.717) is 17.0 Å². The summed E-state index contributed by atoms with van der Waals surface area (Å²) < 4.78 is 15.2. The topological polar surface area (TPSA) is 89.9 Å². The van der Waals surface area contributed by atoms with E-state index in [1.807, 2.05) is 0 Å². The highest BCUT2D eigenvalue weighted by Gasteiger charge is 2.29. The number of aromatic nitrogens is 4. The maximum atomic E-state index is 13.5. The van der Waals surface area contributed by atoms with Crippen LogP contribution in [0.15, 0.2) is 24.6 Å². The van der Waals surface area contributed by atoms with Gasteiger partial charge in [-0.1, -0.05) is 0 Å². The van der Waals surface area contributed by atoms with Gasteiger partial charge in [0.2, 0.25) is 0 Å². The van der Waals surface area contributed by atoms with E-state index in [2.05, 4.69) is 15.0 Å². The van der Waals surface area contributed by atoms with Crippen LogP contribution in [0.3, 0.4) is 0 Å². The number of halogens is 1. The van der Waals surface area contributed by atoms with Crippen molar-refractivity contribution in [3.63, 3.8) is 0 Å². The second-order valence-electron chi connectivity index (χ2n) is 3.83. The predicted octanol–water partition coefficient (Wildman–Crippen LogP) is 0.868. The van der Waals surface area contributed by atoms with Crippen LogP contribution in [-0.4, -0.2) is 36.5 Å². The number of nitrogens with zero attached hydrogens (tertiary/aromatic N) is 4. The van der Waals surface area contributed by atoms with Gasteiger partial charge in [-0.15, -0.1) is 11.8 Å². The Kier molecular flexibility index (Phi) is 2.67. The quantitative estimate of drug-likeness (QED) is 0.839. The van der Waals surface area contributed by atoms with Crippen molar-refractivity contribution in [3.8, 4) is 0 Å². The van der Waals surface area contributed by atoms with Crippen molar-refractivity contribution in [2.45, 2.75) is 10.6 Å². The van der Waals surface area contributed by atoms with Crippen LogP contribution in [0.1, 0.15) is 5.37 Å². The Morgan fingerprint density at radius 2 is 2.28 bits per heavy atom. The smallest absolute Gasteiger partial charge is 0.166 e. The maximum Gasteiger partial charge on any atom is 0.166 e. The summed E-state index contributed by atoms with van der Waals surface area (Å²) in [5, 5.41) is 8.24. The molecule has 3 N–H and O–H groups in total. The average molecular weight is 267 g/mol. The number of fused-ring (bicyclic) bond motifs is 1. The number of thioether (sulfide) groups is 1. The van der Waals surface area contributed by atoms with Crippen molar-refractivity contribution in [2.24, 2.45) is 0 Å². The minimum Gasteiger partial charge on any atom is -0.395 e. The molecule has 18 heavy (non-hydrogen) atoms. The molecule has 3 heterocycles. The van der Waals surface area contributed by atoms with Gasteiger partial charge in [-0.3, -0.25) is 4.57 Å². The molecule has 0 unspecified atom stereocenters. The van der Waals surface area contributed by atoms with Gasteiger partial charge in [0.1, 0.15) is 23.0 Å². The molecule has 0 radical (unpaired) electrons. The fraction of sp³-hybridized carbons (Fsp3) is 0.300. The number of hydrogen-bond acceptors (Lipinski definition) is 6. The third-order valence-corrected chi connectivity index (χ3v) is 4.08. The Morgan fingerprint density at radius 1 is 1.44 bits per heavy atom. The largest absolute Gasteiger partial charge is 0.395 e. The van der Waals surface area contributed by atoms with E-state index < -0.39 is 5.25 Å². The SMILES string of the molecule is Nc1ncnc2c1ncn2[C@@H]1C=C(F)[C@H](CO)S1. The van der Waals surface area contributed by atoms with Gasteiger partial charge in [0.15, 0.2) is 11.5 Å². The van der Waals surface area contributed by atoms with Crippen molar-refractivity contribution in [1.82, 2.24) is 19.5 Å². The van der Waals surface area contributed by atoms with Gasteiger partial charge in [-0.05, 0) is 6.08 Å². The Balaban J connectivity index is 2.04. The van der Waals surface area contributed by atoms with Gasteiger partial charge in [0, 0.05) is 0 Å². The zero-order chi connectivity index (χ0) is 12.7. The van der Waals surface area contributed by atoms with Gasteiger partial charge in [0.25, 0.3) is 0 Å². The first-order chi connectivity index (χ1) is 8.70. The normalized spacial score (nSPS) is 23.6.